The van der Waals surface area contributed by atoms with Crippen LogP contribution < -0.4 is 5.32 Å². The van der Waals surface area contributed by atoms with E-state index in [2.05, 4.69) is 36.5 Å². The van der Waals surface area contributed by atoms with Crippen LogP contribution >= 0.6 is 0 Å². The number of nitrogens with one attached hydrogen (secondary N) is 1. The van der Waals surface area contributed by atoms with Crippen LogP contribution in [0.3, 0.4) is 0 Å². The smallest absolute Gasteiger partial charge is 0.225 e. The lowest BCUT2D eigenvalue weighted by molar-refractivity contribution is -0.134. The Morgan fingerprint density at radius 2 is 1.88 bits per heavy atom. The van der Waals surface area contributed by atoms with Crippen molar-refractivity contribution in [2.45, 2.75) is 65.8 Å². The van der Waals surface area contributed by atoms with Crippen molar-refractivity contribution in [3.63, 3.8) is 0 Å². The first kappa shape index (κ1) is 19.5. The average Bonchev–Trinajstić information content (AvgIpc) is 2.58. The van der Waals surface area contributed by atoms with Gasteiger partial charge >= 0.3 is 0 Å². The van der Waals surface area contributed by atoms with Crippen LogP contribution in [0.15, 0.2) is 24.3 Å². The van der Waals surface area contributed by atoms with Crippen molar-refractivity contribution in [2.75, 3.05) is 13.1 Å². The summed E-state index contributed by atoms with van der Waals surface area (Å²) in [5.41, 5.74) is 2.37. The number of amides is 2. The van der Waals surface area contributed by atoms with Crippen molar-refractivity contribution in [3.05, 3.63) is 35.4 Å². The molecule has 0 fully saturated rings. The van der Waals surface area contributed by atoms with E-state index in [0.717, 1.165) is 32.2 Å². The molecule has 1 aromatic rings. The molecule has 0 saturated heterocycles. The minimum absolute atomic E-state index is 0.00562. The Balaban J connectivity index is 1.94. The number of fused-ring (bicyclic) bond motifs is 1. The fraction of sp³-hybridized carbons (Fsp3) is 0.619. The molecule has 0 bridgehead atoms. The lowest BCUT2D eigenvalue weighted by atomic mass is 9.87. The topological polar surface area (TPSA) is 49.4 Å². The molecule has 0 aromatic heterocycles. The molecule has 0 spiro atoms. The standard InChI is InChI=1S/C21H32N2O2/c1-5-14-23(19(24)12-13-22-20(25)21(2,3)4)18-11-10-16-8-6-7-9-17(16)15-18/h6-9,18H,5,10-15H2,1-4H3,(H,22,25)/t18-/m0/s1. The molecule has 0 unspecified atom stereocenters. The van der Waals surface area contributed by atoms with E-state index in [1.54, 1.807) is 0 Å². The summed E-state index contributed by atoms with van der Waals surface area (Å²) < 4.78 is 0. The van der Waals surface area contributed by atoms with Crippen LogP contribution in [0, 0.1) is 5.41 Å². The second kappa shape index (κ2) is 8.50. The van der Waals surface area contributed by atoms with Gasteiger partial charge in [0.2, 0.25) is 11.8 Å². The third-order valence-electron chi connectivity index (χ3n) is 4.85. The molecule has 2 rings (SSSR count). The Bertz CT molecular complexity index is 604. The number of rotatable bonds is 6. The zero-order valence-corrected chi connectivity index (χ0v) is 16.1. The molecule has 0 saturated carbocycles. The van der Waals surface area contributed by atoms with Gasteiger partial charge in [0.25, 0.3) is 0 Å². The van der Waals surface area contributed by atoms with Crippen molar-refractivity contribution in [1.29, 1.82) is 0 Å². The van der Waals surface area contributed by atoms with E-state index in [1.165, 1.54) is 11.1 Å². The Kier molecular flexibility index (Phi) is 6.63. The molecule has 0 radical (unpaired) electrons. The third-order valence-corrected chi connectivity index (χ3v) is 4.85. The van der Waals surface area contributed by atoms with Crippen LogP contribution in [0.4, 0.5) is 0 Å². The fourth-order valence-electron chi connectivity index (χ4n) is 3.39. The Hall–Kier alpha value is -1.84. The van der Waals surface area contributed by atoms with Gasteiger partial charge in [-0.05, 0) is 36.8 Å². The van der Waals surface area contributed by atoms with Crippen molar-refractivity contribution in [3.8, 4) is 0 Å². The van der Waals surface area contributed by atoms with Crippen molar-refractivity contribution in [2.24, 2.45) is 5.41 Å². The van der Waals surface area contributed by atoms with E-state index >= 15 is 0 Å². The second-order valence-corrected chi connectivity index (χ2v) is 8.01. The molecule has 0 aliphatic heterocycles. The molecular weight excluding hydrogens is 312 g/mol. The monoisotopic (exact) mass is 344 g/mol. The van der Waals surface area contributed by atoms with Gasteiger partial charge in [-0.1, -0.05) is 52.0 Å². The van der Waals surface area contributed by atoms with E-state index in [4.69, 9.17) is 0 Å². The van der Waals surface area contributed by atoms with Gasteiger partial charge < -0.3 is 10.2 Å². The molecule has 138 valence electrons. The van der Waals surface area contributed by atoms with Crippen LogP contribution in [-0.4, -0.2) is 35.8 Å². The van der Waals surface area contributed by atoms with Gasteiger partial charge in [0.05, 0.1) is 0 Å². The van der Waals surface area contributed by atoms with Gasteiger partial charge in [0.15, 0.2) is 0 Å². The number of hydrogen-bond acceptors (Lipinski definition) is 2. The lowest BCUT2D eigenvalue weighted by Gasteiger charge is -2.35. The first-order valence-corrected chi connectivity index (χ1v) is 9.47. The minimum atomic E-state index is -0.417. The first-order chi connectivity index (χ1) is 11.8. The summed E-state index contributed by atoms with van der Waals surface area (Å²) in [6.45, 7) is 8.96. The van der Waals surface area contributed by atoms with Crippen LogP contribution in [0.2, 0.25) is 0 Å². The summed E-state index contributed by atoms with van der Waals surface area (Å²) in [4.78, 5) is 26.7. The number of hydrogen-bond donors (Lipinski definition) is 1. The van der Waals surface area contributed by atoms with Crippen LogP contribution in [0.25, 0.3) is 0 Å². The van der Waals surface area contributed by atoms with Gasteiger partial charge in [-0.2, -0.15) is 0 Å². The van der Waals surface area contributed by atoms with E-state index in [0.29, 0.717) is 13.0 Å². The number of nitrogens with zero attached hydrogens (tertiary/aromatic N) is 1. The van der Waals surface area contributed by atoms with Crippen molar-refractivity contribution >= 4 is 11.8 Å². The number of aryl methyl sites for hydroxylation is 1. The minimum Gasteiger partial charge on any atom is -0.355 e. The molecule has 1 N–H and O–H groups in total. The van der Waals surface area contributed by atoms with E-state index in [9.17, 15) is 9.59 Å². The van der Waals surface area contributed by atoms with Crippen LogP contribution in [-0.2, 0) is 22.4 Å². The van der Waals surface area contributed by atoms with Gasteiger partial charge in [0.1, 0.15) is 0 Å². The predicted molar refractivity (Wildman–Crippen MR) is 101 cm³/mol. The molecule has 4 nitrogen and oxygen atoms in total. The Morgan fingerprint density at radius 3 is 2.52 bits per heavy atom. The Labute approximate surface area is 152 Å². The Morgan fingerprint density at radius 1 is 1.20 bits per heavy atom. The highest BCUT2D eigenvalue weighted by atomic mass is 16.2. The van der Waals surface area contributed by atoms with Gasteiger partial charge in [-0.25, -0.2) is 0 Å². The van der Waals surface area contributed by atoms with Gasteiger partial charge in [0, 0.05) is 31.0 Å². The highest BCUT2D eigenvalue weighted by molar-refractivity contribution is 5.82. The molecule has 1 aliphatic carbocycles. The molecule has 1 aromatic carbocycles. The molecule has 0 heterocycles. The summed E-state index contributed by atoms with van der Waals surface area (Å²) >= 11 is 0. The maximum atomic E-state index is 12.8. The van der Waals surface area contributed by atoms with E-state index < -0.39 is 5.41 Å². The normalized spacial score (nSPS) is 16.9. The molecule has 2 amide bonds. The van der Waals surface area contributed by atoms with Crippen molar-refractivity contribution < 1.29 is 9.59 Å². The third kappa shape index (κ3) is 5.32. The summed E-state index contributed by atoms with van der Waals surface area (Å²) in [6, 6.07) is 8.82. The molecular formula is C21H32N2O2. The van der Waals surface area contributed by atoms with Gasteiger partial charge in [-0.15, -0.1) is 0 Å². The predicted octanol–water partition coefficient (Wildman–Crippen LogP) is 3.33. The highest BCUT2D eigenvalue weighted by Gasteiger charge is 2.27. The SMILES string of the molecule is CCCN(C(=O)CCNC(=O)C(C)(C)C)[C@H]1CCc2ccccc2C1. The van der Waals surface area contributed by atoms with E-state index in [1.807, 2.05) is 25.7 Å². The maximum Gasteiger partial charge on any atom is 0.225 e. The molecule has 1 atom stereocenters. The molecule has 4 heteroatoms. The lowest BCUT2D eigenvalue weighted by Crippen LogP contribution is -2.45. The zero-order valence-electron chi connectivity index (χ0n) is 16.1. The number of benzene rings is 1. The number of carbonyl (C=O) groups excluding carboxylic acids is 2. The first-order valence-electron chi connectivity index (χ1n) is 9.47. The maximum absolute atomic E-state index is 12.8. The van der Waals surface area contributed by atoms with Crippen LogP contribution in [0.1, 0.15) is 58.1 Å². The van der Waals surface area contributed by atoms with Crippen LogP contribution in [0.5, 0.6) is 0 Å². The average molecular weight is 344 g/mol. The quantitative estimate of drug-likeness (QED) is 0.860. The largest absolute Gasteiger partial charge is 0.355 e. The molecule has 25 heavy (non-hydrogen) atoms. The zero-order chi connectivity index (χ0) is 18.4. The summed E-state index contributed by atoms with van der Waals surface area (Å²) in [7, 11) is 0. The summed E-state index contributed by atoms with van der Waals surface area (Å²) in [5.74, 6) is 0.148. The second-order valence-electron chi connectivity index (χ2n) is 8.01. The summed E-state index contributed by atoms with van der Waals surface area (Å²) in [6.07, 6.45) is 4.33. The van der Waals surface area contributed by atoms with Gasteiger partial charge in [-0.3, -0.25) is 9.59 Å². The number of carbonyl (C=O) groups is 2. The summed E-state index contributed by atoms with van der Waals surface area (Å²) in [5, 5.41) is 2.88. The molecule has 1 aliphatic rings. The van der Waals surface area contributed by atoms with Crippen molar-refractivity contribution in [1.82, 2.24) is 10.2 Å². The van der Waals surface area contributed by atoms with E-state index in [-0.39, 0.29) is 17.9 Å². The fourth-order valence-corrected chi connectivity index (χ4v) is 3.39. The highest BCUT2D eigenvalue weighted by Crippen LogP contribution is 2.25.